The maximum Gasteiger partial charge on any atom is 0.341 e. The van der Waals surface area contributed by atoms with Gasteiger partial charge in [0.15, 0.2) is 0 Å². The molecule has 0 spiro atoms. The van der Waals surface area contributed by atoms with E-state index in [-0.39, 0.29) is 33.3 Å². The van der Waals surface area contributed by atoms with E-state index in [9.17, 15) is 24.5 Å². The van der Waals surface area contributed by atoms with Crippen LogP contribution in [0.1, 0.15) is 48.4 Å². The lowest BCUT2D eigenvalue weighted by molar-refractivity contribution is -0.384. The van der Waals surface area contributed by atoms with Gasteiger partial charge in [0.1, 0.15) is 5.00 Å². The van der Waals surface area contributed by atoms with Crippen LogP contribution in [0.15, 0.2) is 48.5 Å². The molecule has 0 radical (unpaired) electrons. The fourth-order valence-corrected chi connectivity index (χ4v) is 4.17. The summed E-state index contributed by atoms with van der Waals surface area (Å²) in [5.74, 6) is -1.67. The van der Waals surface area contributed by atoms with Gasteiger partial charge in [-0.05, 0) is 56.2 Å². The Morgan fingerprint density at radius 3 is 2.33 bits per heavy atom. The van der Waals surface area contributed by atoms with Crippen molar-refractivity contribution in [1.29, 1.82) is 0 Å². The third-order valence-electron chi connectivity index (χ3n) is 4.68. The van der Waals surface area contributed by atoms with E-state index in [1.165, 1.54) is 24.3 Å². The van der Waals surface area contributed by atoms with E-state index in [1.807, 2.05) is 25.1 Å². The molecule has 2 amide bonds. The van der Waals surface area contributed by atoms with E-state index in [0.29, 0.717) is 11.3 Å². The Kier molecular flexibility index (Phi) is 7.19. The van der Waals surface area contributed by atoms with Crippen molar-refractivity contribution in [3.8, 4) is 0 Å². The van der Waals surface area contributed by atoms with Crippen molar-refractivity contribution in [2.75, 3.05) is 17.2 Å². The Morgan fingerprint density at radius 2 is 1.73 bits per heavy atom. The lowest BCUT2D eigenvalue weighted by Gasteiger charge is -2.07. The molecule has 2 aromatic carbocycles. The number of nitro benzene ring substituents is 1. The summed E-state index contributed by atoms with van der Waals surface area (Å²) in [7, 11) is 0. The topological polar surface area (TPSA) is 128 Å². The van der Waals surface area contributed by atoms with Crippen LogP contribution in [-0.4, -0.2) is 29.3 Å². The van der Waals surface area contributed by atoms with Crippen LogP contribution in [-0.2, 0) is 4.74 Å². The standard InChI is InChI=1S/C23H21N3O6S/c1-4-32-23(29)18-14(3)19(21(28)24-16-7-5-6-13(2)12-16)33-22(18)25-20(27)15-8-10-17(11-9-15)26(30)31/h5-12H,4H2,1-3H3,(H,24,28)(H,25,27). The molecule has 9 nitrogen and oxygen atoms in total. The molecule has 0 atom stereocenters. The summed E-state index contributed by atoms with van der Waals surface area (Å²) in [6.07, 6.45) is 0. The van der Waals surface area contributed by atoms with Gasteiger partial charge in [-0.3, -0.25) is 19.7 Å². The van der Waals surface area contributed by atoms with Crippen molar-refractivity contribution in [2.45, 2.75) is 20.8 Å². The van der Waals surface area contributed by atoms with Gasteiger partial charge in [-0.2, -0.15) is 0 Å². The molecular formula is C23H21N3O6S. The van der Waals surface area contributed by atoms with Crippen molar-refractivity contribution in [2.24, 2.45) is 0 Å². The van der Waals surface area contributed by atoms with Crippen LogP contribution in [0.2, 0.25) is 0 Å². The first-order valence-corrected chi connectivity index (χ1v) is 10.8. The van der Waals surface area contributed by atoms with Gasteiger partial charge in [0.05, 0.1) is 22.0 Å². The number of nitrogens with zero attached hydrogens (tertiary/aromatic N) is 1. The zero-order valence-electron chi connectivity index (χ0n) is 18.1. The van der Waals surface area contributed by atoms with Gasteiger partial charge in [0.2, 0.25) is 0 Å². The summed E-state index contributed by atoms with van der Waals surface area (Å²) in [5, 5.41) is 16.4. The van der Waals surface area contributed by atoms with Crippen LogP contribution >= 0.6 is 11.3 Å². The molecule has 0 saturated carbocycles. The number of nitro groups is 1. The van der Waals surface area contributed by atoms with Gasteiger partial charge < -0.3 is 15.4 Å². The van der Waals surface area contributed by atoms with Crippen molar-refractivity contribution in [3.63, 3.8) is 0 Å². The lowest BCUT2D eigenvalue weighted by atomic mass is 10.1. The van der Waals surface area contributed by atoms with E-state index in [1.54, 1.807) is 19.9 Å². The van der Waals surface area contributed by atoms with E-state index >= 15 is 0 Å². The number of rotatable bonds is 7. The molecule has 33 heavy (non-hydrogen) atoms. The lowest BCUT2D eigenvalue weighted by Crippen LogP contribution is -2.15. The molecule has 0 aliphatic rings. The fourth-order valence-electron chi connectivity index (χ4n) is 3.09. The first-order valence-electron chi connectivity index (χ1n) is 9.95. The summed E-state index contributed by atoms with van der Waals surface area (Å²) in [6, 6.07) is 12.3. The second-order valence-corrected chi connectivity index (χ2v) is 8.08. The number of benzene rings is 2. The third-order valence-corrected chi connectivity index (χ3v) is 5.88. The number of thiophene rings is 1. The largest absolute Gasteiger partial charge is 0.462 e. The Morgan fingerprint density at radius 1 is 1.03 bits per heavy atom. The minimum atomic E-state index is -0.667. The normalized spacial score (nSPS) is 10.4. The number of carbonyl (C=O) groups excluding carboxylic acids is 3. The summed E-state index contributed by atoms with van der Waals surface area (Å²) in [5.41, 5.74) is 2.04. The molecule has 1 aromatic heterocycles. The quantitative estimate of drug-likeness (QED) is 0.287. The molecule has 3 aromatic rings. The average molecular weight is 468 g/mol. The van der Waals surface area contributed by atoms with Crippen molar-refractivity contribution in [1.82, 2.24) is 0 Å². The van der Waals surface area contributed by atoms with Crippen molar-refractivity contribution in [3.05, 3.63) is 85.8 Å². The SMILES string of the molecule is CCOC(=O)c1c(NC(=O)c2ccc([N+](=O)[O-])cc2)sc(C(=O)Nc2cccc(C)c2)c1C. The predicted molar refractivity (Wildman–Crippen MR) is 125 cm³/mol. The van der Waals surface area contributed by atoms with Gasteiger partial charge in [0, 0.05) is 23.4 Å². The highest BCUT2D eigenvalue weighted by Crippen LogP contribution is 2.35. The van der Waals surface area contributed by atoms with Crippen LogP contribution in [0, 0.1) is 24.0 Å². The highest BCUT2D eigenvalue weighted by molar-refractivity contribution is 7.19. The molecule has 0 bridgehead atoms. The minimum absolute atomic E-state index is 0.0894. The zero-order chi connectivity index (χ0) is 24.1. The molecule has 1 heterocycles. The Bertz CT molecular complexity index is 1230. The van der Waals surface area contributed by atoms with Crippen LogP contribution in [0.3, 0.4) is 0 Å². The average Bonchev–Trinajstić information content (AvgIpc) is 3.09. The van der Waals surface area contributed by atoms with Crippen molar-refractivity contribution < 1.29 is 24.0 Å². The van der Waals surface area contributed by atoms with Crippen LogP contribution in [0.5, 0.6) is 0 Å². The Balaban J connectivity index is 1.92. The highest BCUT2D eigenvalue weighted by Gasteiger charge is 2.27. The van der Waals surface area contributed by atoms with Gasteiger partial charge in [-0.15, -0.1) is 11.3 Å². The maximum atomic E-state index is 12.9. The number of nitrogens with one attached hydrogen (secondary N) is 2. The number of ether oxygens (including phenoxy) is 1. The molecular weight excluding hydrogens is 446 g/mol. The summed E-state index contributed by atoms with van der Waals surface area (Å²) < 4.78 is 5.12. The Hall–Kier alpha value is -4.05. The molecule has 170 valence electrons. The molecule has 0 aliphatic heterocycles. The van der Waals surface area contributed by atoms with Crippen LogP contribution in [0.25, 0.3) is 0 Å². The number of carbonyl (C=O) groups is 3. The number of esters is 1. The molecule has 0 aliphatic carbocycles. The predicted octanol–water partition coefficient (Wildman–Crippen LogP) is 4.95. The molecule has 10 heteroatoms. The maximum absolute atomic E-state index is 12.9. The third kappa shape index (κ3) is 5.42. The van der Waals surface area contributed by atoms with Crippen LogP contribution < -0.4 is 10.6 Å². The van der Waals surface area contributed by atoms with E-state index in [0.717, 1.165) is 16.9 Å². The summed E-state index contributed by atoms with van der Waals surface area (Å²) in [4.78, 5) is 48.7. The Labute approximate surface area is 193 Å². The first-order chi connectivity index (χ1) is 15.7. The van der Waals surface area contributed by atoms with Gasteiger partial charge >= 0.3 is 5.97 Å². The molecule has 0 saturated heterocycles. The number of amides is 2. The second kappa shape index (κ2) is 10.0. The monoisotopic (exact) mass is 467 g/mol. The number of aryl methyl sites for hydroxylation is 1. The van der Waals surface area contributed by atoms with Crippen LogP contribution in [0.4, 0.5) is 16.4 Å². The van der Waals surface area contributed by atoms with E-state index < -0.39 is 22.7 Å². The number of hydrogen-bond donors (Lipinski definition) is 2. The molecule has 3 rings (SSSR count). The smallest absolute Gasteiger partial charge is 0.341 e. The van der Waals surface area contributed by atoms with Gasteiger partial charge in [-0.25, -0.2) is 4.79 Å². The fraction of sp³-hybridized carbons (Fsp3) is 0.174. The molecule has 0 unspecified atom stereocenters. The second-order valence-electron chi connectivity index (χ2n) is 7.06. The molecule has 0 fully saturated rings. The highest BCUT2D eigenvalue weighted by atomic mass is 32.1. The number of non-ortho nitro benzene ring substituents is 1. The number of anilines is 2. The minimum Gasteiger partial charge on any atom is -0.462 e. The number of hydrogen-bond acceptors (Lipinski definition) is 7. The van der Waals surface area contributed by atoms with Gasteiger partial charge in [0.25, 0.3) is 17.5 Å². The van der Waals surface area contributed by atoms with E-state index in [4.69, 9.17) is 4.74 Å². The summed E-state index contributed by atoms with van der Waals surface area (Å²) >= 11 is 0.950. The van der Waals surface area contributed by atoms with Crippen molar-refractivity contribution >= 4 is 45.5 Å². The zero-order valence-corrected chi connectivity index (χ0v) is 18.9. The van der Waals surface area contributed by atoms with E-state index in [2.05, 4.69) is 10.6 Å². The van der Waals surface area contributed by atoms with Gasteiger partial charge in [-0.1, -0.05) is 12.1 Å². The first kappa shape index (κ1) is 23.6. The summed E-state index contributed by atoms with van der Waals surface area (Å²) in [6.45, 7) is 5.28. The molecule has 2 N–H and O–H groups in total.